The summed E-state index contributed by atoms with van der Waals surface area (Å²) >= 11 is 0. The van der Waals surface area contributed by atoms with Crippen LogP contribution in [0.5, 0.6) is 0 Å². The van der Waals surface area contributed by atoms with Gasteiger partial charge in [0.15, 0.2) is 0 Å². The molecule has 0 aliphatic rings. The molecule has 0 radical (unpaired) electrons. The summed E-state index contributed by atoms with van der Waals surface area (Å²) in [5.74, 6) is -3.75. The average molecular weight is 171 g/mol. The van der Waals surface area contributed by atoms with Crippen LogP contribution < -0.4 is 10.8 Å². The maximum atomic E-state index is 11.7. The smallest absolute Gasteiger partial charge is 0.397 e. The van der Waals surface area contributed by atoms with E-state index in [0.29, 0.717) is 0 Å². The molecule has 11 heavy (non-hydrogen) atoms. The summed E-state index contributed by atoms with van der Waals surface area (Å²) in [5.41, 5.74) is 2.82. The van der Waals surface area contributed by atoms with Crippen LogP contribution in [-0.2, 0) is 4.79 Å². The predicted octanol–water partition coefficient (Wildman–Crippen LogP) is -1.45. The third-order valence-corrected chi connectivity index (χ3v) is 1.42. The zero-order valence-corrected chi connectivity index (χ0v) is 5.81. The lowest BCUT2D eigenvalue weighted by Gasteiger charge is -2.19. The van der Waals surface area contributed by atoms with Crippen molar-refractivity contribution in [2.75, 3.05) is 0 Å². The van der Waals surface area contributed by atoms with Gasteiger partial charge in [0.05, 0.1) is 5.97 Å². The molecule has 3 nitrogen and oxygen atoms in total. The van der Waals surface area contributed by atoms with Gasteiger partial charge in [0.25, 0.3) is 0 Å². The molecule has 0 saturated heterocycles. The molecule has 0 rings (SSSR count). The van der Waals surface area contributed by atoms with Crippen LogP contribution in [0.3, 0.4) is 0 Å². The molecule has 0 aliphatic heterocycles. The quantitative estimate of drug-likeness (QED) is 0.552. The first-order valence-corrected chi connectivity index (χ1v) is 2.87. The number of halogens is 3. The molecule has 3 N–H and O–H groups in total. The number of hydrogen-bond donors (Lipinski definition) is 1. The van der Waals surface area contributed by atoms with Crippen LogP contribution in [0.1, 0.15) is 6.92 Å². The molecule has 0 unspecified atom stereocenters. The number of aliphatic carboxylic acids is 1. The summed E-state index contributed by atoms with van der Waals surface area (Å²) < 4.78 is 35.2. The number of alkyl halides is 3. The van der Waals surface area contributed by atoms with Gasteiger partial charge in [0, 0.05) is 0 Å². The summed E-state index contributed by atoms with van der Waals surface area (Å²) in [6, 6.07) is -1.74. The highest BCUT2D eigenvalue weighted by Gasteiger charge is 2.42. The number of carbonyl (C=O) groups is 1. The molecule has 0 bridgehead atoms. The first-order chi connectivity index (χ1) is 4.76. The van der Waals surface area contributed by atoms with E-state index in [-0.39, 0.29) is 0 Å². The molecule has 0 fully saturated rings. The van der Waals surface area contributed by atoms with Gasteiger partial charge in [0.2, 0.25) is 0 Å². The van der Waals surface area contributed by atoms with E-state index in [4.69, 9.17) is 0 Å². The van der Waals surface area contributed by atoms with Crippen molar-refractivity contribution in [3.05, 3.63) is 0 Å². The molecule has 0 saturated carbocycles. The normalized spacial score (nSPS) is 17.5. The number of carboxylic acids is 1. The highest BCUT2D eigenvalue weighted by Crippen LogP contribution is 2.26. The Bertz CT molecular complexity index is 156. The van der Waals surface area contributed by atoms with Crippen LogP contribution >= 0.6 is 0 Å². The second-order valence-corrected chi connectivity index (χ2v) is 2.26. The van der Waals surface area contributed by atoms with Crippen molar-refractivity contribution in [1.29, 1.82) is 0 Å². The SMILES string of the molecule is C[C@@H]([C@@H]([NH3+])C(=O)[O-])C(F)(F)F. The molecular formula is C5H8F3NO2. The van der Waals surface area contributed by atoms with Crippen molar-refractivity contribution in [1.82, 2.24) is 0 Å². The van der Waals surface area contributed by atoms with Gasteiger partial charge in [0.1, 0.15) is 12.0 Å². The van der Waals surface area contributed by atoms with Crippen LogP contribution in [0.4, 0.5) is 13.2 Å². The molecule has 6 heteroatoms. The van der Waals surface area contributed by atoms with E-state index in [9.17, 15) is 23.1 Å². The monoisotopic (exact) mass is 171 g/mol. The minimum absolute atomic E-state index is 0.757. The number of rotatable bonds is 2. The highest BCUT2D eigenvalue weighted by atomic mass is 19.4. The van der Waals surface area contributed by atoms with Crippen LogP contribution in [0.25, 0.3) is 0 Å². The Hall–Kier alpha value is -0.780. The summed E-state index contributed by atoms with van der Waals surface area (Å²) in [6.07, 6.45) is -4.52. The van der Waals surface area contributed by atoms with Crippen molar-refractivity contribution in [3.63, 3.8) is 0 Å². The molecule has 0 aromatic carbocycles. The van der Waals surface area contributed by atoms with Gasteiger partial charge >= 0.3 is 6.18 Å². The van der Waals surface area contributed by atoms with Crippen molar-refractivity contribution in [2.45, 2.75) is 19.1 Å². The fourth-order valence-corrected chi connectivity index (χ4v) is 0.432. The molecule has 0 spiro atoms. The van der Waals surface area contributed by atoms with Gasteiger partial charge < -0.3 is 15.6 Å². The Morgan fingerprint density at radius 2 is 1.91 bits per heavy atom. The Morgan fingerprint density at radius 1 is 1.55 bits per heavy atom. The summed E-state index contributed by atoms with van der Waals surface area (Å²) in [7, 11) is 0. The average Bonchev–Trinajstić information content (AvgIpc) is 1.82. The van der Waals surface area contributed by atoms with Gasteiger partial charge in [-0.3, -0.25) is 0 Å². The maximum Gasteiger partial charge on any atom is 0.397 e. The van der Waals surface area contributed by atoms with Crippen LogP contribution in [-0.4, -0.2) is 18.2 Å². The van der Waals surface area contributed by atoms with Gasteiger partial charge in [-0.25, -0.2) is 0 Å². The van der Waals surface area contributed by atoms with Crippen molar-refractivity contribution in [2.24, 2.45) is 5.92 Å². The zero-order valence-electron chi connectivity index (χ0n) is 5.81. The second-order valence-electron chi connectivity index (χ2n) is 2.26. The Labute approximate surface area is 61.0 Å². The molecule has 0 aromatic rings. The predicted molar refractivity (Wildman–Crippen MR) is 26.9 cm³/mol. The van der Waals surface area contributed by atoms with Crippen molar-refractivity contribution >= 4 is 5.97 Å². The van der Waals surface area contributed by atoms with Gasteiger partial charge in [-0.15, -0.1) is 0 Å². The Kier molecular flexibility index (Phi) is 2.86. The minimum Gasteiger partial charge on any atom is -0.544 e. The molecule has 0 amide bonds. The summed E-state index contributed by atoms with van der Waals surface area (Å²) in [6.45, 7) is 0.757. The van der Waals surface area contributed by atoms with Crippen molar-refractivity contribution < 1.29 is 28.8 Å². The number of carboxylic acid groups (broad SMARTS) is 1. The number of quaternary nitrogens is 1. The summed E-state index contributed by atoms with van der Waals surface area (Å²) in [4.78, 5) is 9.91. The van der Waals surface area contributed by atoms with E-state index in [0.717, 1.165) is 6.92 Å². The maximum absolute atomic E-state index is 11.7. The third kappa shape index (κ3) is 2.75. The van der Waals surface area contributed by atoms with E-state index < -0.39 is 24.1 Å². The van der Waals surface area contributed by atoms with Crippen LogP contribution in [0, 0.1) is 5.92 Å². The van der Waals surface area contributed by atoms with Crippen LogP contribution in [0.2, 0.25) is 0 Å². The fraction of sp³-hybridized carbons (Fsp3) is 0.800. The molecular weight excluding hydrogens is 163 g/mol. The minimum atomic E-state index is -4.52. The Balaban J connectivity index is 4.25. The van der Waals surface area contributed by atoms with Gasteiger partial charge in [-0.05, 0) is 6.92 Å². The van der Waals surface area contributed by atoms with E-state index in [2.05, 4.69) is 5.73 Å². The van der Waals surface area contributed by atoms with E-state index in [1.54, 1.807) is 0 Å². The van der Waals surface area contributed by atoms with Crippen molar-refractivity contribution in [3.8, 4) is 0 Å². The van der Waals surface area contributed by atoms with Gasteiger partial charge in [-0.1, -0.05) is 0 Å². The van der Waals surface area contributed by atoms with E-state index in [1.165, 1.54) is 0 Å². The standard InChI is InChI=1S/C5H8F3NO2/c1-2(5(6,7)8)3(9)4(10)11/h2-3H,9H2,1H3,(H,10,11)/t2-,3+/m0/s1. The Morgan fingerprint density at radius 3 is 2.00 bits per heavy atom. The number of hydrogen-bond acceptors (Lipinski definition) is 2. The molecule has 2 atom stereocenters. The first kappa shape index (κ1) is 10.2. The largest absolute Gasteiger partial charge is 0.544 e. The first-order valence-electron chi connectivity index (χ1n) is 2.87. The zero-order chi connectivity index (χ0) is 9.23. The molecule has 0 aromatic heterocycles. The topological polar surface area (TPSA) is 67.8 Å². The lowest BCUT2D eigenvalue weighted by Crippen LogP contribution is -2.72. The molecule has 66 valence electrons. The number of carbonyl (C=O) groups excluding carboxylic acids is 1. The van der Waals surface area contributed by atoms with Crippen LogP contribution in [0.15, 0.2) is 0 Å². The van der Waals surface area contributed by atoms with E-state index in [1.807, 2.05) is 0 Å². The lowest BCUT2D eigenvalue weighted by molar-refractivity contribution is -0.460. The second kappa shape index (κ2) is 3.08. The fourth-order valence-electron chi connectivity index (χ4n) is 0.432. The molecule has 0 aliphatic carbocycles. The third-order valence-electron chi connectivity index (χ3n) is 1.42. The van der Waals surface area contributed by atoms with E-state index >= 15 is 0 Å². The van der Waals surface area contributed by atoms with Gasteiger partial charge in [-0.2, -0.15) is 13.2 Å². The highest BCUT2D eigenvalue weighted by molar-refractivity contribution is 5.69. The summed E-state index contributed by atoms with van der Waals surface area (Å²) in [5, 5.41) is 9.91. The molecule has 0 heterocycles. The lowest BCUT2D eigenvalue weighted by atomic mass is 10.0.